The van der Waals surface area contributed by atoms with Gasteiger partial charge in [0, 0.05) is 18.3 Å². The van der Waals surface area contributed by atoms with Crippen molar-refractivity contribution >= 4 is 31.6 Å². The molecule has 0 saturated carbocycles. The van der Waals surface area contributed by atoms with E-state index in [4.69, 9.17) is 5.73 Å². The van der Waals surface area contributed by atoms with Gasteiger partial charge in [-0.3, -0.25) is 0 Å². The molecule has 5 nitrogen and oxygen atoms in total. The number of rotatable bonds is 3. The molecular weight excluding hydrogens is 363 g/mol. The highest BCUT2D eigenvalue weighted by atomic mass is 79.9. The molecule has 2 rings (SSSR count). The van der Waals surface area contributed by atoms with Crippen LogP contribution in [0.5, 0.6) is 0 Å². The number of sulfonamides is 1. The molecule has 1 aliphatic heterocycles. The second kappa shape index (κ2) is 6.60. The molecule has 0 aliphatic carbocycles. The lowest BCUT2D eigenvalue weighted by atomic mass is 10.1. The first kappa shape index (κ1) is 16.7. The molecule has 0 amide bonds. The highest BCUT2D eigenvalue weighted by Crippen LogP contribution is 2.31. The van der Waals surface area contributed by atoms with Crippen molar-refractivity contribution in [1.82, 2.24) is 4.31 Å². The smallest absolute Gasteiger partial charge is 0.246 e. The number of benzene rings is 1. The lowest BCUT2D eigenvalue weighted by Gasteiger charge is -2.28. The number of nitrogens with two attached hydrogens (primary N) is 1. The molecule has 1 aromatic rings. The predicted molar refractivity (Wildman–Crippen MR) is 81.7 cm³/mol. The quantitative estimate of drug-likeness (QED) is 0.786. The van der Waals surface area contributed by atoms with Crippen molar-refractivity contribution in [2.45, 2.75) is 36.6 Å². The van der Waals surface area contributed by atoms with Crippen molar-refractivity contribution in [3.8, 4) is 0 Å². The first-order valence-electron chi connectivity index (χ1n) is 6.75. The van der Waals surface area contributed by atoms with E-state index in [-0.39, 0.29) is 23.3 Å². The average Bonchev–Trinajstić information content (AvgIpc) is 2.68. The zero-order valence-electron chi connectivity index (χ0n) is 11.4. The van der Waals surface area contributed by atoms with Gasteiger partial charge in [0.2, 0.25) is 10.0 Å². The first-order valence-corrected chi connectivity index (χ1v) is 8.98. The lowest BCUT2D eigenvalue weighted by Crippen LogP contribution is -2.42. The van der Waals surface area contributed by atoms with Crippen molar-refractivity contribution in [1.29, 1.82) is 0 Å². The van der Waals surface area contributed by atoms with E-state index in [0.29, 0.717) is 12.8 Å². The third-order valence-electron chi connectivity index (χ3n) is 3.64. The summed E-state index contributed by atoms with van der Waals surface area (Å²) in [6, 6.07) is 1.92. The van der Waals surface area contributed by atoms with Crippen LogP contribution in [0.1, 0.15) is 25.7 Å². The molecule has 0 spiro atoms. The van der Waals surface area contributed by atoms with Gasteiger partial charge in [0.25, 0.3) is 0 Å². The average molecular weight is 381 g/mol. The molecule has 3 N–H and O–H groups in total. The Morgan fingerprint density at radius 2 is 2.10 bits per heavy atom. The van der Waals surface area contributed by atoms with Crippen LogP contribution in [0, 0.1) is 5.82 Å². The van der Waals surface area contributed by atoms with E-state index in [2.05, 4.69) is 15.9 Å². The molecule has 1 atom stereocenters. The molecule has 0 aromatic heterocycles. The largest absolute Gasteiger partial charge is 0.399 e. The second-order valence-electron chi connectivity index (χ2n) is 5.12. The Bertz CT molecular complexity index is 624. The lowest BCUT2D eigenvalue weighted by molar-refractivity contribution is 0.186. The van der Waals surface area contributed by atoms with E-state index in [1.54, 1.807) is 0 Å². The van der Waals surface area contributed by atoms with Crippen LogP contribution in [-0.4, -0.2) is 37.0 Å². The van der Waals surface area contributed by atoms with Gasteiger partial charge in [0.1, 0.15) is 4.90 Å². The molecule has 1 saturated heterocycles. The van der Waals surface area contributed by atoms with Gasteiger partial charge in [-0.15, -0.1) is 0 Å². The number of aliphatic hydroxyl groups excluding tert-OH is 1. The minimum atomic E-state index is -4.03. The Kier molecular flexibility index (Phi) is 5.24. The maximum atomic E-state index is 14.2. The van der Waals surface area contributed by atoms with E-state index in [1.165, 1.54) is 10.4 Å². The predicted octanol–water partition coefficient (Wildman–Crippen LogP) is 2.10. The monoisotopic (exact) mass is 380 g/mol. The van der Waals surface area contributed by atoms with Crippen LogP contribution in [0.4, 0.5) is 10.1 Å². The molecule has 1 heterocycles. The molecule has 1 fully saturated rings. The number of nitrogens with zero attached hydrogens (tertiary/aromatic N) is 1. The Morgan fingerprint density at radius 3 is 2.76 bits per heavy atom. The number of anilines is 1. The van der Waals surface area contributed by atoms with Crippen LogP contribution in [0.25, 0.3) is 0 Å². The van der Waals surface area contributed by atoms with Crippen LogP contribution >= 0.6 is 15.9 Å². The fraction of sp³-hybridized carbons (Fsp3) is 0.538. The summed E-state index contributed by atoms with van der Waals surface area (Å²) in [6.45, 7) is 0.00372. The summed E-state index contributed by atoms with van der Waals surface area (Å²) in [7, 11) is -4.03. The Hall–Kier alpha value is -0.700. The van der Waals surface area contributed by atoms with E-state index in [1.807, 2.05) is 0 Å². The fourth-order valence-corrected chi connectivity index (χ4v) is 4.96. The number of nitrogen functional groups attached to an aromatic ring is 1. The summed E-state index contributed by atoms with van der Waals surface area (Å²) in [5.41, 5.74) is 5.79. The summed E-state index contributed by atoms with van der Waals surface area (Å²) in [5, 5.41) is 9.44. The van der Waals surface area contributed by atoms with Crippen LogP contribution in [-0.2, 0) is 10.0 Å². The zero-order chi connectivity index (χ0) is 15.6. The maximum Gasteiger partial charge on any atom is 0.246 e. The molecule has 1 unspecified atom stereocenters. The molecule has 8 heteroatoms. The number of aliphatic hydroxyl groups is 1. The Labute approximate surface area is 132 Å². The molecular formula is C13H18BrFN2O3S. The molecule has 118 valence electrons. The van der Waals surface area contributed by atoms with Crippen molar-refractivity contribution in [3.63, 3.8) is 0 Å². The van der Waals surface area contributed by atoms with E-state index >= 15 is 0 Å². The van der Waals surface area contributed by atoms with E-state index in [9.17, 15) is 17.9 Å². The third kappa shape index (κ3) is 3.39. The molecule has 1 aromatic carbocycles. The van der Waals surface area contributed by atoms with Gasteiger partial charge in [-0.2, -0.15) is 4.31 Å². The van der Waals surface area contributed by atoms with E-state index < -0.39 is 26.8 Å². The number of halogens is 2. The van der Waals surface area contributed by atoms with Gasteiger partial charge in [-0.25, -0.2) is 12.8 Å². The molecule has 21 heavy (non-hydrogen) atoms. The first-order chi connectivity index (χ1) is 9.87. The van der Waals surface area contributed by atoms with Crippen LogP contribution < -0.4 is 5.73 Å². The Morgan fingerprint density at radius 1 is 1.38 bits per heavy atom. The molecule has 0 bridgehead atoms. The van der Waals surface area contributed by atoms with Gasteiger partial charge in [0.05, 0.1) is 11.1 Å². The second-order valence-corrected chi connectivity index (χ2v) is 7.83. The molecule has 0 radical (unpaired) electrons. The summed E-state index contributed by atoms with van der Waals surface area (Å²) < 4.78 is 40.9. The molecule has 1 aliphatic rings. The van der Waals surface area contributed by atoms with Gasteiger partial charge in [-0.05, 0) is 40.9 Å². The van der Waals surface area contributed by atoms with Gasteiger partial charge in [0.15, 0.2) is 5.82 Å². The summed E-state index contributed by atoms with van der Waals surface area (Å²) in [6.07, 6.45) is 3.01. The van der Waals surface area contributed by atoms with Crippen LogP contribution in [0.2, 0.25) is 0 Å². The van der Waals surface area contributed by atoms with Gasteiger partial charge < -0.3 is 10.8 Å². The number of hydrogen-bond acceptors (Lipinski definition) is 4. The fourth-order valence-electron chi connectivity index (χ4n) is 2.55. The highest BCUT2D eigenvalue weighted by Gasteiger charge is 2.34. The van der Waals surface area contributed by atoms with Gasteiger partial charge >= 0.3 is 0 Å². The minimum absolute atomic E-state index is 0.0106. The third-order valence-corrected chi connectivity index (χ3v) is 6.17. The zero-order valence-corrected chi connectivity index (χ0v) is 13.8. The van der Waals surface area contributed by atoms with Gasteiger partial charge in [-0.1, -0.05) is 12.8 Å². The maximum absolute atomic E-state index is 14.2. The summed E-state index contributed by atoms with van der Waals surface area (Å²) >= 11 is 2.97. The van der Waals surface area contributed by atoms with E-state index in [0.717, 1.165) is 18.9 Å². The van der Waals surface area contributed by atoms with Crippen molar-refractivity contribution < 1.29 is 17.9 Å². The van der Waals surface area contributed by atoms with Crippen molar-refractivity contribution in [2.75, 3.05) is 18.9 Å². The normalized spacial score (nSPS) is 21.2. The standard InChI is InChI=1S/C13H18BrFN2O3S/c14-11-6-9(16)7-12(13(11)15)21(19,20)17-5-3-1-2-4-10(17)8-18/h6-7,10,18H,1-5,8,16H2. The minimum Gasteiger partial charge on any atom is -0.399 e. The Balaban J connectivity index is 2.50. The van der Waals surface area contributed by atoms with Crippen molar-refractivity contribution in [3.05, 3.63) is 22.4 Å². The summed E-state index contributed by atoms with van der Waals surface area (Å²) in [5.74, 6) is -0.856. The van der Waals surface area contributed by atoms with Crippen LogP contribution in [0.15, 0.2) is 21.5 Å². The summed E-state index contributed by atoms with van der Waals surface area (Å²) in [4.78, 5) is -0.449. The van der Waals surface area contributed by atoms with Crippen molar-refractivity contribution in [2.24, 2.45) is 0 Å². The highest BCUT2D eigenvalue weighted by molar-refractivity contribution is 9.10. The number of hydrogen-bond donors (Lipinski definition) is 2. The SMILES string of the molecule is Nc1cc(Br)c(F)c(S(=O)(=O)N2CCCCCC2CO)c1. The topological polar surface area (TPSA) is 83.6 Å². The van der Waals surface area contributed by atoms with Crippen LogP contribution in [0.3, 0.4) is 0 Å².